The first-order chi connectivity index (χ1) is 10.2. The number of amides is 1. The Balaban J connectivity index is 1.91. The maximum atomic E-state index is 11.0. The normalized spacial score (nSPS) is 17.4. The lowest BCUT2D eigenvalue weighted by Gasteiger charge is -2.15. The summed E-state index contributed by atoms with van der Waals surface area (Å²) in [7, 11) is 1.67. The summed E-state index contributed by atoms with van der Waals surface area (Å²) in [6, 6.07) is 5.88. The number of hydrogen-bond donors (Lipinski definition) is 2. The molecule has 1 aromatic rings. The highest BCUT2D eigenvalue weighted by atomic mass is 79.9. The Kier molecular flexibility index (Phi) is 6.28. The number of ether oxygens (including phenoxy) is 3. The van der Waals surface area contributed by atoms with Crippen LogP contribution in [0.15, 0.2) is 22.7 Å². The molecule has 1 aliphatic heterocycles. The molecule has 0 radical (unpaired) electrons. The summed E-state index contributed by atoms with van der Waals surface area (Å²) in [5.74, 6) is 0.769. The van der Waals surface area contributed by atoms with Gasteiger partial charge in [-0.15, -0.1) is 0 Å². The van der Waals surface area contributed by atoms with E-state index in [1.807, 2.05) is 18.2 Å². The van der Waals surface area contributed by atoms with Crippen LogP contribution in [-0.2, 0) is 16.0 Å². The Hall–Kier alpha value is -1.31. The number of rotatable bonds is 8. The lowest BCUT2D eigenvalue weighted by Crippen LogP contribution is -2.23. The zero-order valence-electron chi connectivity index (χ0n) is 11.9. The van der Waals surface area contributed by atoms with Crippen molar-refractivity contribution in [3.63, 3.8) is 0 Å². The van der Waals surface area contributed by atoms with Gasteiger partial charge in [0, 0.05) is 25.8 Å². The average Bonchev–Trinajstić information content (AvgIpc) is 2.88. The Morgan fingerprint density at radius 1 is 1.52 bits per heavy atom. The molecule has 1 aliphatic rings. The molecule has 1 unspecified atom stereocenters. The molecule has 21 heavy (non-hydrogen) atoms. The number of methoxy groups -OCH3 is 1. The van der Waals surface area contributed by atoms with Crippen molar-refractivity contribution < 1.29 is 19.0 Å². The molecule has 2 N–H and O–H groups in total. The van der Waals surface area contributed by atoms with Crippen LogP contribution in [0.3, 0.4) is 0 Å². The number of carbonyl (C=O) groups excluding carboxylic acids is 1. The molecule has 7 heteroatoms. The van der Waals surface area contributed by atoms with Gasteiger partial charge in [-0.05, 0) is 22.0 Å². The van der Waals surface area contributed by atoms with E-state index in [-0.39, 0.29) is 6.10 Å². The fourth-order valence-corrected chi connectivity index (χ4v) is 2.47. The van der Waals surface area contributed by atoms with Gasteiger partial charge in [-0.2, -0.15) is 0 Å². The first kappa shape index (κ1) is 16.1. The first-order valence-electron chi connectivity index (χ1n) is 6.75. The first-order valence-corrected chi connectivity index (χ1v) is 7.54. The molecule has 1 fully saturated rings. The van der Waals surface area contributed by atoms with Gasteiger partial charge in [-0.3, -0.25) is 0 Å². The molecule has 0 bridgehead atoms. The minimum Gasteiger partial charge on any atom is -0.488 e. The fourth-order valence-electron chi connectivity index (χ4n) is 1.95. The molecule has 2 rings (SSSR count). The van der Waals surface area contributed by atoms with Crippen LogP contribution in [0, 0.1) is 0 Å². The van der Waals surface area contributed by atoms with Crippen molar-refractivity contribution in [1.29, 1.82) is 0 Å². The van der Waals surface area contributed by atoms with Crippen LogP contribution in [0.1, 0.15) is 5.56 Å². The van der Waals surface area contributed by atoms with Gasteiger partial charge < -0.3 is 24.8 Å². The van der Waals surface area contributed by atoms with E-state index < -0.39 is 6.09 Å². The molecular weight excluding hydrogens is 340 g/mol. The summed E-state index contributed by atoms with van der Waals surface area (Å²) in [6.07, 6.45) is -0.643. The van der Waals surface area contributed by atoms with E-state index in [2.05, 4.69) is 26.6 Å². The van der Waals surface area contributed by atoms with Crippen molar-refractivity contribution in [2.75, 3.05) is 33.4 Å². The fraction of sp³-hybridized carbons (Fsp3) is 0.500. The third-order valence-corrected chi connectivity index (χ3v) is 3.63. The van der Waals surface area contributed by atoms with E-state index in [4.69, 9.17) is 14.2 Å². The summed E-state index contributed by atoms with van der Waals surface area (Å²) in [5, 5.41) is 5.89. The van der Waals surface area contributed by atoms with E-state index >= 15 is 0 Å². The summed E-state index contributed by atoms with van der Waals surface area (Å²) in [6.45, 7) is 2.92. The van der Waals surface area contributed by atoms with Crippen LogP contribution in [0.25, 0.3) is 0 Å². The zero-order chi connectivity index (χ0) is 15.1. The van der Waals surface area contributed by atoms with Crippen molar-refractivity contribution in [1.82, 2.24) is 10.6 Å². The molecule has 0 aromatic heterocycles. The second kappa shape index (κ2) is 8.21. The van der Waals surface area contributed by atoms with E-state index in [1.54, 1.807) is 7.11 Å². The Morgan fingerprint density at radius 2 is 2.38 bits per heavy atom. The topological polar surface area (TPSA) is 68.8 Å². The molecule has 1 amide bonds. The number of nitrogens with one attached hydrogen (secondary N) is 2. The molecule has 1 atom stereocenters. The predicted molar refractivity (Wildman–Crippen MR) is 81.5 cm³/mol. The monoisotopic (exact) mass is 358 g/mol. The third kappa shape index (κ3) is 4.87. The van der Waals surface area contributed by atoms with Crippen LogP contribution < -0.4 is 15.4 Å². The quantitative estimate of drug-likeness (QED) is 0.692. The molecule has 6 nitrogen and oxygen atoms in total. The van der Waals surface area contributed by atoms with Crippen LogP contribution >= 0.6 is 15.9 Å². The highest BCUT2D eigenvalue weighted by Gasteiger charge is 2.23. The van der Waals surface area contributed by atoms with Gasteiger partial charge in [-0.25, -0.2) is 4.79 Å². The Morgan fingerprint density at radius 3 is 3.10 bits per heavy atom. The minimum absolute atomic E-state index is 0.251. The van der Waals surface area contributed by atoms with Gasteiger partial charge >= 0.3 is 6.09 Å². The lowest BCUT2D eigenvalue weighted by atomic mass is 10.2. The second-order valence-corrected chi connectivity index (χ2v) is 5.47. The Labute approximate surface area is 132 Å². The predicted octanol–water partition coefficient (Wildman–Crippen LogP) is 1.67. The van der Waals surface area contributed by atoms with Crippen molar-refractivity contribution >= 4 is 22.0 Å². The highest BCUT2D eigenvalue weighted by molar-refractivity contribution is 9.10. The van der Waals surface area contributed by atoms with Gasteiger partial charge in [0.15, 0.2) is 6.10 Å². The van der Waals surface area contributed by atoms with Gasteiger partial charge in [-0.1, -0.05) is 12.1 Å². The van der Waals surface area contributed by atoms with Crippen LogP contribution in [0.2, 0.25) is 0 Å². The van der Waals surface area contributed by atoms with E-state index in [0.717, 1.165) is 22.3 Å². The molecule has 0 aliphatic carbocycles. The molecule has 0 saturated carbocycles. The highest BCUT2D eigenvalue weighted by Crippen LogP contribution is 2.29. The van der Waals surface area contributed by atoms with Gasteiger partial charge in [0.05, 0.1) is 17.6 Å². The number of hydrogen-bond acceptors (Lipinski definition) is 5. The summed E-state index contributed by atoms with van der Waals surface area (Å²) < 4.78 is 16.8. The van der Waals surface area contributed by atoms with Gasteiger partial charge in [0.25, 0.3) is 0 Å². The van der Waals surface area contributed by atoms with Crippen molar-refractivity contribution in [2.45, 2.75) is 12.6 Å². The standard InChI is InChI=1S/C14H19BrN2O4/c1-19-6-5-16-7-10-3-2-4-12(15)13(10)20-9-11-8-17-14(18)21-11/h2-4,11,16H,5-9H2,1H3,(H,17,18). The van der Waals surface area contributed by atoms with E-state index in [0.29, 0.717) is 26.3 Å². The summed E-state index contributed by atoms with van der Waals surface area (Å²) in [5.41, 5.74) is 1.04. The average molecular weight is 359 g/mol. The Bertz CT molecular complexity index is 484. The molecule has 1 aromatic carbocycles. The number of para-hydroxylation sites is 1. The molecule has 116 valence electrons. The largest absolute Gasteiger partial charge is 0.488 e. The zero-order valence-corrected chi connectivity index (χ0v) is 13.4. The van der Waals surface area contributed by atoms with Gasteiger partial charge in [0.1, 0.15) is 12.4 Å². The molecular formula is C14H19BrN2O4. The summed E-state index contributed by atoms with van der Waals surface area (Å²) in [4.78, 5) is 11.0. The van der Waals surface area contributed by atoms with Crippen LogP contribution in [0.5, 0.6) is 5.75 Å². The summed E-state index contributed by atoms with van der Waals surface area (Å²) >= 11 is 3.49. The number of cyclic esters (lactones) is 1. The maximum absolute atomic E-state index is 11.0. The SMILES string of the molecule is COCCNCc1cccc(Br)c1OCC1CNC(=O)O1. The number of benzene rings is 1. The number of carbonyl (C=O) groups is 1. The van der Waals surface area contributed by atoms with Crippen molar-refractivity contribution in [3.8, 4) is 5.75 Å². The lowest BCUT2D eigenvalue weighted by molar-refractivity contribution is 0.104. The van der Waals surface area contributed by atoms with Crippen LogP contribution in [0.4, 0.5) is 4.79 Å². The second-order valence-electron chi connectivity index (χ2n) is 4.62. The van der Waals surface area contributed by atoms with E-state index in [1.165, 1.54) is 0 Å². The number of halogens is 1. The van der Waals surface area contributed by atoms with Gasteiger partial charge in [0.2, 0.25) is 0 Å². The number of alkyl carbamates (subject to hydrolysis) is 1. The minimum atomic E-state index is -0.391. The third-order valence-electron chi connectivity index (χ3n) is 3.01. The molecule has 1 saturated heterocycles. The smallest absolute Gasteiger partial charge is 0.407 e. The molecule has 1 heterocycles. The molecule has 0 spiro atoms. The van der Waals surface area contributed by atoms with Crippen molar-refractivity contribution in [3.05, 3.63) is 28.2 Å². The maximum Gasteiger partial charge on any atom is 0.407 e. The van der Waals surface area contributed by atoms with E-state index in [9.17, 15) is 4.79 Å². The van der Waals surface area contributed by atoms with Crippen LogP contribution in [-0.4, -0.2) is 45.6 Å². The van der Waals surface area contributed by atoms with Crippen molar-refractivity contribution in [2.24, 2.45) is 0 Å².